The molecule has 12 nitrogen and oxygen atoms in total. The number of rotatable bonds is 20. The molecule has 0 saturated carbocycles. The van der Waals surface area contributed by atoms with Gasteiger partial charge in [0.1, 0.15) is 35.4 Å². The zero-order valence-electron chi connectivity index (χ0n) is 34.9. The summed E-state index contributed by atoms with van der Waals surface area (Å²) >= 11 is 0. The first-order valence-electron chi connectivity index (χ1n) is 19.7. The van der Waals surface area contributed by atoms with Crippen LogP contribution in [0.25, 0.3) is 0 Å². The molecule has 0 N–H and O–H groups in total. The Balaban J connectivity index is 1.65. The van der Waals surface area contributed by atoms with Crippen molar-refractivity contribution >= 4 is 32.8 Å². The summed E-state index contributed by atoms with van der Waals surface area (Å²) in [6.07, 6.45) is 0.959. The second-order valence-corrected chi connectivity index (χ2v) is 19.6. The van der Waals surface area contributed by atoms with Gasteiger partial charge in [-0.25, -0.2) is 4.52 Å². The van der Waals surface area contributed by atoms with Crippen molar-refractivity contribution in [1.82, 2.24) is 0 Å². The summed E-state index contributed by atoms with van der Waals surface area (Å²) in [5.41, 5.74) is 5.17. The van der Waals surface area contributed by atoms with Crippen molar-refractivity contribution in [3.8, 4) is 28.7 Å². The second-order valence-electron chi connectivity index (χ2n) is 14.2. The number of nitrogens with zero attached hydrogens (tertiary/aromatic N) is 4. The van der Waals surface area contributed by atoms with E-state index in [1.807, 2.05) is 170 Å². The Labute approximate surface area is 357 Å². The van der Waals surface area contributed by atoms with Crippen LogP contribution < -0.4 is 23.7 Å². The predicted octanol–water partition coefficient (Wildman–Crippen LogP) is 15.0. The van der Waals surface area contributed by atoms with E-state index in [0.29, 0.717) is 50.3 Å². The molecule has 0 radical (unpaired) electrons. The summed E-state index contributed by atoms with van der Waals surface area (Å²) < 4.78 is 74.2. The van der Waals surface area contributed by atoms with Crippen LogP contribution in [0.2, 0.25) is 0 Å². The van der Waals surface area contributed by atoms with E-state index in [4.69, 9.17) is 46.3 Å². The molecule has 1 heterocycles. The maximum atomic E-state index is 7.29. The highest BCUT2D eigenvalue weighted by atomic mass is 31.2. The Morgan fingerprint density at radius 1 is 0.500 bits per heavy atom. The van der Waals surface area contributed by atoms with Gasteiger partial charge in [-0.05, 0) is 108 Å². The van der Waals surface area contributed by atoms with Crippen LogP contribution in [0.15, 0.2) is 139 Å². The summed E-state index contributed by atoms with van der Waals surface area (Å²) in [5.74, 6) is -2.18. The molecule has 314 valence electrons. The lowest BCUT2D eigenvalue weighted by atomic mass is 10.2. The summed E-state index contributed by atoms with van der Waals surface area (Å²) in [5, 5.41) is 0. The van der Waals surface area contributed by atoms with Gasteiger partial charge in [0, 0.05) is 9.03 Å². The summed E-state index contributed by atoms with van der Waals surface area (Å²) in [6.45, 7) is 14.7. The van der Waals surface area contributed by atoms with Gasteiger partial charge in [-0.2, -0.15) is 9.03 Å². The van der Waals surface area contributed by atoms with Crippen molar-refractivity contribution in [2.45, 2.75) is 79.7 Å². The fraction of sp³-hybridized carbons (Fsp3) is 0.318. The molecule has 0 saturated heterocycles. The van der Waals surface area contributed by atoms with Crippen LogP contribution in [-0.2, 0) is 13.6 Å². The van der Waals surface area contributed by atoms with Crippen LogP contribution in [0, 0.1) is 34.6 Å². The van der Waals surface area contributed by atoms with Crippen molar-refractivity contribution in [3.63, 3.8) is 0 Å². The standard InChI is InChI=1S/C44H51N4O8P4/c1-8-30-49-59-46-57-45-58-47-60(48-59,50-31-9-2)56-44(54-41-26-16-36(6)17-27-41,55-42-28-18-37(7)19-29-42)32-43(51-38-20-10-33(3)11-21-38,52-39-22-12-34(4)13-23-39)53-40-24-14-35(5)15-25-40/h10-29H,8-9,30-32H2,1-7H3/q+1. The van der Waals surface area contributed by atoms with Crippen LogP contribution in [-0.4, -0.2) is 25.2 Å². The minimum atomic E-state index is -3.81. The summed E-state index contributed by atoms with van der Waals surface area (Å²) in [4.78, 5) is 0. The Morgan fingerprint density at radius 3 is 1.23 bits per heavy atom. The van der Waals surface area contributed by atoms with Gasteiger partial charge in [0.2, 0.25) is 8.52 Å². The molecule has 2 atom stereocenters. The molecule has 0 amide bonds. The number of hydrogen-bond acceptors (Lipinski definition) is 12. The molecule has 1 aliphatic rings. The van der Waals surface area contributed by atoms with Crippen molar-refractivity contribution in [3.05, 3.63) is 149 Å². The van der Waals surface area contributed by atoms with Crippen LogP contribution in [0.1, 0.15) is 60.9 Å². The second kappa shape index (κ2) is 21.3. The minimum Gasteiger partial charge on any atom is -0.429 e. The molecule has 0 aromatic heterocycles. The van der Waals surface area contributed by atoms with E-state index in [9.17, 15) is 0 Å². The third kappa shape index (κ3) is 13.3. The molecule has 2 unspecified atom stereocenters. The van der Waals surface area contributed by atoms with Gasteiger partial charge in [0.05, 0.1) is 6.61 Å². The largest absolute Gasteiger partial charge is 0.547 e. The van der Waals surface area contributed by atoms with Gasteiger partial charge >= 0.3 is 27.7 Å². The van der Waals surface area contributed by atoms with Gasteiger partial charge < -0.3 is 28.2 Å². The Hall–Kier alpha value is -4.49. The fourth-order valence-electron chi connectivity index (χ4n) is 5.53. The number of hydrogen-bond donors (Lipinski definition) is 0. The normalized spacial score (nSPS) is 16.4. The van der Waals surface area contributed by atoms with Gasteiger partial charge in [-0.15, -0.1) is 4.52 Å². The van der Waals surface area contributed by atoms with E-state index in [-0.39, 0.29) is 15.1 Å². The lowest BCUT2D eigenvalue weighted by Crippen LogP contribution is -2.58. The number of ether oxygens (including phenoxy) is 5. The van der Waals surface area contributed by atoms with Gasteiger partial charge in [0.15, 0.2) is 14.9 Å². The lowest BCUT2D eigenvalue weighted by molar-refractivity contribution is -0.343. The van der Waals surface area contributed by atoms with E-state index < -0.39 is 34.1 Å². The van der Waals surface area contributed by atoms with Crippen LogP contribution in [0.5, 0.6) is 28.7 Å². The average Bonchev–Trinajstić information content (AvgIpc) is 3.22. The molecule has 0 spiro atoms. The average molecular weight is 888 g/mol. The van der Waals surface area contributed by atoms with E-state index >= 15 is 0 Å². The van der Waals surface area contributed by atoms with Crippen LogP contribution in [0.3, 0.4) is 0 Å². The van der Waals surface area contributed by atoms with E-state index in [0.717, 1.165) is 34.2 Å². The molecular weight excluding hydrogens is 836 g/mol. The highest BCUT2D eigenvalue weighted by molar-refractivity contribution is 7.66. The molecule has 5 aromatic carbocycles. The Kier molecular flexibility index (Phi) is 16.0. The predicted molar refractivity (Wildman–Crippen MR) is 240 cm³/mol. The highest BCUT2D eigenvalue weighted by Crippen LogP contribution is 2.65. The van der Waals surface area contributed by atoms with Crippen LogP contribution >= 0.6 is 32.8 Å². The van der Waals surface area contributed by atoms with Crippen molar-refractivity contribution in [1.29, 1.82) is 0 Å². The van der Waals surface area contributed by atoms with E-state index in [1.54, 1.807) is 0 Å². The van der Waals surface area contributed by atoms with E-state index in [2.05, 4.69) is 9.03 Å². The molecular formula is C44H51N4O8P4+. The smallest absolute Gasteiger partial charge is 0.429 e. The van der Waals surface area contributed by atoms with Crippen LogP contribution in [0.4, 0.5) is 0 Å². The molecule has 16 heteroatoms. The Morgan fingerprint density at radius 2 is 0.867 bits per heavy atom. The minimum absolute atomic E-state index is 0.237. The molecule has 1 aliphatic heterocycles. The van der Waals surface area contributed by atoms with Gasteiger partial charge in [-0.3, -0.25) is 0 Å². The van der Waals surface area contributed by atoms with Crippen molar-refractivity contribution < 1.29 is 37.3 Å². The SMILES string of the molecule is CCCO[P+]1=NP(OCCC)(OC(CC(Oc2ccc(C)cc2)(Oc2ccc(C)cc2)Oc2ccc(C)cc2)(Oc2ccc(C)cc2)Oc2ccc(C)cc2)=NP=NP=N1. The number of aryl methyl sites for hydroxylation is 5. The van der Waals surface area contributed by atoms with E-state index in [1.165, 1.54) is 0 Å². The molecule has 0 bridgehead atoms. The molecule has 0 aliphatic carbocycles. The highest BCUT2D eigenvalue weighted by Gasteiger charge is 2.57. The van der Waals surface area contributed by atoms with Crippen molar-refractivity contribution in [2.24, 2.45) is 18.1 Å². The maximum absolute atomic E-state index is 7.29. The fourth-order valence-corrected chi connectivity index (χ4v) is 11.4. The molecule has 6 rings (SSSR count). The quantitative estimate of drug-likeness (QED) is 0.0559. The number of benzene rings is 5. The molecule has 0 fully saturated rings. The summed E-state index contributed by atoms with van der Waals surface area (Å²) in [6, 6.07) is 37.9. The maximum Gasteiger partial charge on any atom is 0.547 e. The first-order chi connectivity index (χ1) is 29.0. The zero-order chi connectivity index (χ0) is 42.4. The topological polar surface area (TPSA) is 123 Å². The monoisotopic (exact) mass is 887 g/mol. The third-order valence-electron chi connectivity index (χ3n) is 8.58. The van der Waals surface area contributed by atoms with Crippen molar-refractivity contribution in [2.75, 3.05) is 13.2 Å². The first-order valence-corrected chi connectivity index (χ1v) is 24.0. The summed E-state index contributed by atoms with van der Waals surface area (Å²) in [7, 11) is -4.91. The Bertz CT molecular complexity index is 2130. The van der Waals surface area contributed by atoms with Gasteiger partial charge in [0.25, 0.3) is 0 Å². The zero-order valence-corrected chi connectivity index (χ0v) is 38.5. The lowest BCUT2D eigenvalue weighted by Gasteiger charge is -2.41. The molecule has 5 aromatic rings. The molecule has 60 heavy (non-hydrogen) atoms. The third-order valence-corrected chi connectivity index (χ3v) is 14.3. The first kappa shape index (κ1) is 45.0. The van der Waals surface area contributed by atoms with Gasteiger partial charge in [-0.1, -0.05) is 102 Å².